The minimum atomic E-state index is 0.574. The summed E-state index contributed by atoms with van der Waals surface area (Å²) in [6.07, 6.45) is 3.61. The number of fused-ring (bicyclic) bond motifs is 1. The summed E-state index contributed by atoms with van der Waals surface area (Å²) in [4.78, 5) is 0. The number of hydrogen-bond acceptors (Lipinski definition) is 4. The van der Waals surface area contributed by atoms with Crippen LogP contribution in [-0.2, 0) is 12.8 Å². The zero-order valence-corrected chi connectivity index (χ0v) is 10.8. The van der Waals surface area contributed by atoms with Crippen molar-refractivity contribution >= 4 is 27.3 Å². The van der Waals surface area contributed by atoms with E-state index in [2.05, 4.69) is 38.3 Å². The molecular weight excluding hydrogens is 288 g/mol. The van der Waals surface area contributed by atoms with Crippen LogP contribution in [0.2, 0.25) is 0 Å². The molecule has 0 spiro atoms. The van der Waals surface area contributed by atoms with Crippen molar-refractivity contribution < 1.29 is 4.74 Å². The highest BCUT2D eigenvalue weighted by Crippen LogP contribution is 2.31. The summed E-state index contributed by atoms with van der Waals surface area (Å²) in [5, 5.41) is 8.32. The number of aryl methyl sites for hydroxylation is 2. The largest absolute Gasteiger partial charge is 0.430 e. The van der Waals surface area contributed by atoms with E-state index in [-0.39, 0.29) is 0 Å². The predicted octanol–water partition coefficient (Wildman–Crippen LogP) is 3.58. The molecule has 0 radical (unpaired) electrons. The van der Waals surface area contributed by atoms with E-state index in [1.165, 1.54) is 35.3 Å². The van der Waals surface area contributed by atoms with E-state index >= 15 is 0 Å². The van der Waals surface area contributed by atoms with Gasteiger partial charge in [-0.3, -0.25) is 0 Å². The van der Waals surface area contributed by atoms with Crippen molar-refractivity contribution in [2.24, 2.45) is 0 Å². The van der Waals surface area contributed by atoms with E-state index in [1.54, 1.807) is 0 Å². The van der Waals surface area contributed by atoms with E-state index < -0.39 is 0 Å². The van der Waals surface area contributed by atoms with Crippen LogP contribution >= 0.6 is 27.3 Å². The Bertz CT molecular complexity index is 526. The second kappa shape index (κ2) is 4.14. The molecule has 0 bridgehead atoms. The zero-order valence-electron chi connectivity index (χ0n) is 8.44. The maximum atomic E-state index is 5.64. The van der Waals surface area contributed by atoms with Gasteiger partial charge in [0.25, 0.3) is 5.19 Å². The molecule has 1 aromatic carbocycles. The third-order valence-corrected chi connectivity index (χ3v) is 3.89. The molecule has 0 atom stereocenters. The van der Waals surface area contributed by atoms with Crippen LogP contribution in [0.5, 0.6) is 10.9 Å². The highest BCUT2D eigenvalue weighted by Gasteiger charge is 2.12. The highest BCUT2D eigenvalue weighted by molar-refractivity contribution is 9.11. The van der Waals surface area contributed by atoms with Crippen molar-refractivity contribution in [3.05, 3.63) is 33.2 Å². The number of hydrogen-bond donors (Lipinski definition) is 0. The summed E-state index contributed by atoms with van der Waals surface area (Å²) in [6.45, 7) is 0. The Kier molecular flexibility index (Phi) is 2.65. The van der Waals surface area contributed by atoms with Crippen molar-refractivity contribution in [2.75, 3.05) is 0 Å². The number of benzene rings is 1. The smallest absolute Gasteiger partial charge is 0.300 e. The first-order valence-electron chi connectivity index (χ1n) is 5.10. The fraction of sp³-hybridized carbons (Fsp3) is 0.273. The summed E-state index contributed by atoms with van der Waals surface area (Å²) in [7, 11) is 0. The summed E-state index contributed by atoms with van der Waals surface area (Å²) in [6, 6.07) is 6.25. The average molecular weight is 297 g/mol. The molecular formula is C11H9BrN2OS. The normalized spacial score (nSPS) is 13.8. The standard InChI is InChI=1S/C11H9BrN2OS/c12-10-13-14-11(16-10)15-9-5-4-7-2-1-3-8(7)6-9/h4-6H,1-3H2. The first-order chi connectivity index (χ1) is 7.81. The maximum Gasteiger partial charge on any atom is 0.300 e. The quantitative estimate of drug-likeness (QED) is 0.850. The second-order valence-corrected chi connectivity index (χ2v) is 5.92. The summed E-state index contributed by atoms with van der Waals surface area (Å²) >= 11 is 4.65. The minimum absolute atomic E-state index is 0.574. The summed E-state index contributed by atoms with van der Waals surface area (Å²) < 4.78 is 6.38. The van der Waals surface area contributed by atoms with Gasteiger partial charge in [-0.15, -0.1) is 5.10 Å². The van der Waals surface area contributed by atoms with E-state index in [0.29, 0.717) is 5.19 Å². The van der Waals surface area contributed by atoms with Gasteiger partial charge < -0.3 is 4.74 Å². The molecule has 2 aromatic rings. The number of aromatic nitrogens is 2. The summed E-state index contributed by atoms with van der Waals surface area (Å²) in [5.41, 5.74) is 2.85. The monoisotopic (exact) mass is 296 g/mol. The zero-order chi connectivity index (χ0) is 11.0. The Morgan fingerprint density at radius 3 is 2.88 bits per heavy atom. The third-order valence-electron chi connectivity index (χ3n) is 2.66. The average Bonchev–Trinajstić information content (AvgIpc) is 2.87. The molecule has 16 heavy (non-hydrogen) atoms. The van der Waals surface area contributed by atoms with Crippen LogP contribution in [0.25, 0.3) is 0 Å². The number of nitrogens with zero attached hydrogens (tertiary/aromatic N) is 2. The molecule has 82 valence electrons. The first-order valence-corrected chi connectivity index (χ1v) is 6.71. The van der Waals surface area contributed by atoms with E-state index in [4.69, 9.17) is 4.74 Å². The molecule has 1 aromatic heterocycles. The Balaban J connectivity index is 1.85. The molecule has 1 aliphatic carbocycles. The molecule has 0 fully saturated rings. The van der Waals surface area contributed by atoms with Gasteiger partial charge in [0.15, 0.2) is 3.92 Å². The van der Waals surface area contributed by atoms with E-state index in [0.717, 1.165) is 16.1 Å². The van der Waals surface area contributed by atoms with Crippen LogP contribution in [0.15, 0.2) is 22.1 Å². The van der Waals surface area contributed by atoms with Crippen LogP contribution in [0.3, 0.4) is 0 Å². The van der Waals surface area contributed by atoms with Crippen molar-refractivity contribution in [3.8, 4) is 10.9 Å². The van der Waals surface area contributed by atoms with Gasteiger partial charge in [-0.05, 0) is 69.8 Å². The van der Waals surface area contributed by atoms with Gasteiger partial charge in [-0.2, -0.15) is 0 Å². The predicted molar refractivity (Wildman–Crippen MR) is 66.2 cm³/mol. The van der Waals surface area contributed by atoms with Crippen LogP contribution in [0.4, 0.5) is 0 Å². The van der Waals surface area contributed by atoms with E-state index in [9.17, 15) is 0 Å². The molecule has 0 unspecified atom stereocenters. The molecule has 5 heteroatoms. The van der Waals surface area contributed by atoms with Gasteiger partial charge >= 0.3 is 0 Å². The van der Waals surface area contributed by atoms with Gasteiger partial charge in [0.2, 0.25) is 0 Å². The van der Waals surface area contributed by atoms with E-state index in [1.807, 2.05) is 6.07 Å². The topological polar surface area (TPSA) is 35.0 Å². The molecule has 0 saturated heterocycles. The van der Waals surface area contributed by atoms with Gasteiger partial charge in [-0.25, -0.2) is 0 Å². The van der Waals surface area contributed by atoms with Gasteiger partial charge in [0.1, 0.15) is 5.75 Å². The fourth-order valence-electron chi connectivity index (χ4n) is 1.95. The van der Waals surface area contributed by atoms with Crippen LogP contribution < -0.4 is 4.74 Å². The van der Waals surface area contributed by atoms with Crippen molar-refractivity contribution in [1.82, 2.24) is 10.2 Å². The van der Waals surface area contributed by atoms with Crippen molar-refractivity contribution in [1.29, 1.82) is 0 Å². The number of ether oxygens (including phenoxy) is 1. The van der Waals surface area contributed by atoms with Gasteiger partial charge in [-0.1, -0.05) is 11.2 Å². The van der Waals surface area contributed by atoms with Gasteiger partial charge in [0.05, 0.1) is 0 Å². The number of halogens is 1. The van der Waals surface area contributed by atoms with Crippen molar-refractivity contribution in [2.45, 2.75) is 19.3 Å². The molecule has 1 heterocycles. The minimum Gasteiger partial charge on any atom is -0.430 e. The Labute approximate surface area is 106 Å². The lowest BCUT2D eigenvalue weighted by Gasteiger charge is -2.03. The Morgan fingerprint density at radius 2 is 2.06 bits per heavy atom. The second-order valence-electron chi connectivity index (χ2n) is 3.71. The molecule has 3 rings (SSSR count). The molecule has 0 amide bonds. The SMILES string of the molecule is Brc1nnc(Oc2ccc3c(c2)CCC3)s1. The third kappa shape index (κ3) is 1.97. The van der Waals surface area contributed by atoms with Gasteiger partial charge in [0, 0.05) is 0 Å². The fourth-order valence-corrected chi connectivity index (χ4v) is 2.89. The van der Waals surface area contributed by atoms with Crippen LogP contribution in [0, 0.1) is 0 Å². The molecule has 3 nitrogen and oxygen atoms in total. The Morgan fingerprint density at radius 1 is 1.19 bits per heavy atom. The lowest BCUT2D eigenvalue weighted by Crippen LogP contribution is -1.87. The lowest BCUT2D eigenvalue weighted by molar-refractivity contribution is 0.472. The highest BCUT2D eigenvalue weighted by atomic mass is 79.9. The summed E-state index contributed by atoms with van der Waals surface area (Å²) in [5.74, 6) is 0.851. The molecule has 0 N–H and O–H groups in total. The Hall–Kier alpha value is -0.940. The van der Waals surface area contributed by atoms with Crippen LogP contribution in [-0.4, -0.2) is 10.2 Å². The first kappa shape index (κ1) is 10.2. The maximum absolute atomic E-state index is 5.64. The van der Waals surface area contributed by atoms with Crippen molar-refractivity contribution in [3.63, 3.8) is 0 Å². The molecule has 0 aliphatic heterocycles. The molecule has 1 aliphatic rings. The van der Waals surface area contributed by atoms with Crippen LogP contribution in [0.1, 0.15) is 17.5 Å². The number of rotatable bonds is 2. The lowest BCUT2D eigenvalue weighted by atomic mass is 10.1. The molecule has 0 saturated carbocycles.